The second-order valence-corrected chi connectivity index (χ2v) is 8.31. The van der Waals surface area contributed by atoms with Crippen molar-refractivity contribution in [3.05, 3.63) is 98.8 Å². The van der Waals surface area contributed by atoms with Crippen LogP contribution in [0.15, 0.2) is 60.7 Å². The second kappa shape index (κ2) is 8.85. The predicted octanol–water partition coefficient (Wildman–Crippen LogP) is 6.17. The molecule has 1 heterocycles. The molecule has 4 aromatic rings. The van der Waals surface area contributed by atoms with Crippen LogP contribution in [0.1, 0.15) is 22.8 Å². The molecule has 2 N–H and O–H groups in total. The molecule has 0 bridgehead atoms. The van der Waals surface area contributed by atoms with E-state index in [2.05, 4.69) is 0 Å². The summed E-state index contributed by atoms with van der Waals surface area (Å²) in [7, 11) is 0. The van der Waals surface area contributed by atoms with E-state index in [1.54, 1.807) is 36.4 Å². The van der Waals surface area contributed by atoms with E-state index < -0.39 is 23.7 Å². The quantitative estimate of drug-likeness (QED) is 0.318. The summed E-state index contributed by atoms with van der Waals surface area (Å²) in [5.74, 6) is -0.991. The summed E-state index contributed by atoms with van der Waals surface area (Å²) in [5.41, 5.74) is 0.148. The van der Waals surface area contributed by atoms with Crippen molar-refractivity contribution in [2.75, 3.05) is 0 Å². The van der Waals surface area contributed by atoms with Gasteiger partial charge in [-0.3, -0.25) is 5.41 Å². The highest BCUT2D eigenvalue weighted by atomic mass is 35.5. The van der Waals surface area contributed by atoms with Gasteiger partial charge in [0.25, 0.3) is 0 Å². The van der Waals surface area contributed by atoms with Crippen LogP contribution in [0.25, 0.3) is 11.0 Å². The van der Waals surface area contributed by atoms with Crippen LogP contribution in [-0.2, 0) is 19.3 Å². The van der Waals surface area contributed by atoms with Crippen molar-refractivity contribution in [3.8, 4) is 0 Å². The number of aliphatic hydroxyl groups excluding tert-OH is 1. The Kier molecular flexibility index (Phi) is 6.26. The van der Waals surface area contributed by atoms with Gasteiger partial charge in [-0.15, -0.1) is 0 Å². The van der Waals surface area contributed by atoms with Crippen molar-refractivity contribution in [1.29, 1.82) is 5.41 Å². The summed E-state index contributed by atoms with van der Waals surface area (Å²) in [5, 5.41) is 20.0. The molecule has 0 radical (unpaired) electrons. The number of aliphatic hydroxyl groups is 1. The topological polar surface area (TPSA) is 53.9 Å². The number of nitrogens with one attached hydrogen (secondary N) is 1. The van der Waals surface area contributed by atoms with Crippen molar-refractivity contribution in [1.82, 2.24) is 9.13 Å². The first-order valence-corrected chi connectivity index (χ1v) is 10.5. The summed E-state index contributed by atoms with van der Waals surface area (Å²) in [6.45, 7) is -0.343. The standard InChI is InChI=1S/C23H17Cl2F4N3O/c24-17-8-6-13(9-18(17)25)21(33)12-32-20-4-2-1-3-19(20)31(22(32)30)11-14-5-7-15(26)10-16(14)23(27,28)29/h1-10,21,30,33H,11-12H2. The highest BCUT2D eigenvalue weighted by Gasteiger charge is 2.34. The van der Waals surface area contributed by atoms with Crippen LogP contribution in [0.5, 0.6) is 0 Å². The van der Waals surface area contributed by atoms with Gasteiger partial charge in [-0.1, -0.05) is 47.5 Å². The van der Waals surface area contributed by atoms with Crippen molar-refractivity contribution in [2.24, 2.45) is 0 Å². The highest BCUT2D eigenvalue weighted by Crippen LogP contribution is 2.33. The minimum absolute atomic E-state index is 0.0418. The number of hydrogen-bond donors (Lipinski definition) is 2. The number of imidazole rings is 1. The van der Waals surface area contributed by atoms with Crippen LogP contribution in [0, 0.1) is 11.2 Å². The van der Waals surface area contributed by atoms with Crippen LogP contribution in [0.3, 0.4) is 0 Å². The maximum absolute atomic E-state index is 13.5. The molecule has 0 aliphatic rings. The number of rotatable bonds is 5. The van der Waals surface area contributed by atoms with Crippen LogP contribution in [0.4, 0.5) is 17.6 Å². The van der Waals surface area contributed by atoms with Crippen LogP contribution in [-0.4, -0.2) is 14.2 Å². The molecular formula is C23H17Cl2F4N3O. The summed E-state index contributed by atoms with van der Waals surface area (Å²) >= 11 is 12.0. The molecule has 172 valence electrons. The van der Waals surface area contributed by atoms with Gasteiger partial charge in [-0.05, 0) is 47.5 Å². The lowest BCUT2D eigenvalue weighted by Gasteiger charge is -2.14. The average Bonchev–Trinajstić information content (AvgIpc) is 3.02. The molecule has 3 aromatic carbocycles. The first-order chi connectivity index (χ1) is 15.6. The Morgan fingerprint density at radius 2 is 1.58 bits per heavy atom. The zero-order valence-electron chi connectivity index (χ0n) is 16.9. The Labute approximate surface area is 195 Å². The zero-order chi connectivity index (χ0) is 23.9. The SMILES string of the molecule is N=c1n(Cc2ccc(F)cc2C(F)(F)F)c2ccccc2n1CC(O)c1ccc(Cl)c(Cl)c1. The first kappa shape index (κ1) is 23.4. The number of hydrogen-bond acceptors (Lipinski definition) is 2. The summed E-state index contributed by atoms with van der Waals surface area (Å²) in [6, 6.07) is 14.0. The smallest absolute Gasteiger partial charge is 0.387 e. The van der Waals surface area contributed by atoms with E-state index in [0.717, 1.165) is 12.1 Å². The molecule has 0 aliphatic heterocycles. The number of aromatic nitrogens is 2. The minimum Gasteiger partial charge on any atom is -0.387 e. The Morgan fingerprint density at radius 1 is 0.909 bits per heavy atom. The summed E-state index contributed by atoms with van der Waals surface area (Å²) in [4.78, 5) is 0. The molecule has 1 unspecified atom stereocenters. The maximum Gasteiger partial charge on any atom is 0.416 e. The second-order valence-electron chi connectivity index (χ2n) is 7.50. The number of alkyl halides is 3. The van der Waals surface area contributed by atoms with Gasteiger partial charge in [0, 0.05) is 0 Å². The molecule has 0 aliphatic carbocycles. The van der Waals surface area contributed by atoms with E-state index in [9.17, 15) is 22.7 Å². The Bertz CT molecular complexity index is 1390. The molecular weight excluding hydrogens is 481 g/mol. The molecule has 4 rings (SSSR count). The fourth-order valence-electron chi connectivity index (χ4n) is 3.76. The van der Waals surface area contributed by atoms with Crippen LogP contribution < -0.4 is 5.62 Å². The first-order valence-electron chi connectivity index (χ1n) is 9.77. The Balaban J connectivity index is 1.78. The van der Waals surface area contributed by atoms with Gasteiger partial charge in [0.1, 0.15) is 5.82 Å². The van der Waals surface area contributed by atoms with Gasteiger partial charge in [-0.2, -0.15) is 13.2 Å². The van der Waals surface area contributed by atoms with Crippen molar-refractivity contribution < 1.29 is 22.7 Å². The zero-order valence-corrected chi connectivity index (χ0v) is 18.4. The molecule has 4 nitrogen and oxygen atoms in total. The molecule has 33 heavy (non-hydrogen) atoms. The third-order valence-electron chi connectivity index (χ3n) is 5.36. The third kappa shape index (κ3) is 4.64. The number of para-hydroxylation sites is 2. The monoisotopic (exact) mass is 497 g/mol. The molecule has 1 atom stereocenters. The maximum atomic E-state index is 13.5. The molecule has 10 heteroatoms. The van der Waals surface area contributed by atoms with Gasteiger partial charge < -0.3 is 14.2 Å². The number of halogens is 6. The predicted molar refractivity (Wildman–Crippen MR) is 118 cm³/mol. The van der Waals surface area contributed by atoms with Crippen molar-refractivity contribution in [2.45, 2.75) is 25.4 Å². The van der Waals surface area contributed by atoms with Crippen LogP contribution >= 0.6 is 23.2 Å². The van der Waals surface area contributed by atoms with E-state index in [1.165, 1.54) is 15.2 Å². The Hall–Kier alpha value is -2.81. The van der Waals surface area contributed by atoms with E-state index in [1.807, 2.05) is 0 Å². The van der Waals surface area contributed by atoms with E-state index in [-0.39, 0.29) is 29.3 Å². The van der Waals surface area contributed by atoms with Crippen LogP contribution in [0.2, 0.25) is 10.0 Å². The number of benzene rings is 3. The fraction of sp³-hybridized carbons (Fsp3) is 0.174. The highest BCUT2D eigenvalue weighted by molar-refractivity contribution is 6.42. The van der Waals surface area contributed by atoms with Gasteiger partial charge in [-0.25, -0.2) is 4.39 Å². The van der Waals surface area contributed by atoms with E-state index >= 15 is 0 Å². The molecule has 0 spiro atoms. The minimum atomic E-state index is -4.75. The summed E-state index contributed by atoms with van der Waals surface area (Å²) in [6.07, 6.45) is -5.80. The molecule has 0 saturated carbocycles. The number of fused-ring (bicyclic) bond motifs is 1. The fourth-order valence-corrected chi connectivity index (χ4v) is 4.06. The molecule has 0 saturated heterocycles. The lowest BCUT2D eigenvalue weighted by Crippen LogP contribution is -2.27. The molecule has 0 amide bonds. The Morgan fingerprint density at radius 3 is 2.21 bits per heavy atom. The lowest BCUT2D eigenvalue weighted by atomic mass is 10.1. The van der Waals surface area contributed by atoms with Gasteiger partial charge in [0.05, 0.1) is 45.8 Å². The van der Waals surface area contributed by atoms with Gasteiger partial charge in [0.15, 0.2) is 0 Å². The van der Waals surface area contributed by atoms with E-state index in [4.69, 9.17) is 28.6 Å². The largest absolute Gasteiger partial charge is 0.416 e. The average molecular weight is 498 g/mol. The van der Waals surface area contributed by atoms with Gasteiger partial charge >= 0.3 is 6.18 Å². The molecule has 0 fully saturated rings. The third-order valence-corrected chi connectivity index (χ3v) is 6.10. The molecule has 1 aromatic heterocycles. The lowest BCUT2D eigenvalue weighted by molar-refractivity contribution is -0.138. The normalized spacial score (nSPS) is 12.9. The van der Waals surface area contributed by atoms with Gasteiger partial charge in [0.2, 0.25) is 5.62 Å². The summed E-state index contributed by atoms with van der Waals surface area (Å²) < 4.78 is 56.9. The van der Waals surface area contributed by atoms with E-state index in [0.29, 0.717) is 27.7 Å². The van der Waals surface area contributed by atoms with Crippen molar-refractivity contribution >= 4 is 34.2 Å². The van der Waals surface area contributed by atoms with Crippen molar-refractivity contribution in [3.63, 3.8) is 0 Å². The number of nitrogens with zero attached hydrogens (tertiary/aromatic N) is 2.